The first-order chi connectivity index (χ1) is 9.66. The summed E-state index contributed by atoms with van der Waals surface area (Å²) in [6, 6.07) is 8.73. The van der Waals surface area contributed by atoms with Crippen LogP contribution in [0.1, 0.15) is 12.8 Å². The van der Waals surface area contributed by atoms with E-state index in [9.17, 15) is 0 Å². The van der Waals surface area contributed by atoms with Crippen LogP contribution in [0.25, 0.3) is 0 Å². The van der Waals surface area contributed by atoms with Gasteiger partial charge >= 0.3 is 0 Å². The molecule has 0 spiro atoms. The molecule has 0 saturated carbocycles. The van der Waals surface area contributed by atoms with E-state index in [1.165, 1.54) is 30.8 Å². The summed E-state index contributed by atoms with van der Waals surface area (Å²) < 4.78 is 0. The van der Waals surface area contributed by atoms with Crippen molar-refractivity contribution in [2.45, 2.75) is 18.4 Å². The lowest BCUT2D eigenvalue weighted by Crippen LogP contribution is -2.64. The number of fused-ring (bicyclic) bond motifs is 1. The first-order valence-electron chi connectivity index (χ1n) is 7.63. The fourth-order valence-corrected chi connectivity index (χ4v) is 3.83. The van der Waals surface area contributed by atoms with E-state index >= 15 is 0 Å². The van der Waals surface area contributed by atoms with Crippen molar-refractivity contribution in [3.63, 3.8) is 0 Å². The van der Waals surface area contributed by atoms with Gasteiger partial charge in [-0.3, -0.25) is 0 Å². The summed E-state index contributed by atoms with van der Waals surface area (Å²) in [5.41, 5.74) is 9.02. The predicted molar refractivity (Wildman–Crippen MR) is 85.6 cm³/mol. The molecule has 3 rings (SSSR count). The predicted octanol–water partition coefficient (Wildman–Crippen LogP) is 1.37. The number of hydrogen-bond acceptors (Lipinski definition) is 4. The van der Waals surface area contributed by atoms with Crippen LogP contribution in [0.5, 0.6) is 0 Å². The maximum atomic E-state index is 6.24. The summed E-state index contributed by atoms with van der Waals surface area (Å²) in [6.45, 7) is 5.13. The van der Waals surface area contributed by atoms with Crippen LogP contribution in [0.4, 0.5) is 11.4 Å². The van der Waals surface area contributed by atoms with Gasteiger partial charge in [-0.25, -0.2) is 0 Å². The SMILES string of the molecule is CN1CCCC(CN)(N2CCN(C)c3ccccc32)C1. The lowest BCUT2D eigenvalue weighted by molar-refractivity contribution is 0.173. The summed E-state index contributed by atoms with van der Waals surface area (Å²) in [6.07, 6.45) is 2.44. The molecule has 0 amide bonds. The maximum absolute atomic E-state index is 6.24. The van der Waals surface area contributed by atoms with Gasteiger partial charge in [-0.15, -0.1) is 0 Å². The van der Waals surface area contributed by atoms with Crippen LogP contribution in [0.15, 0.2) is 24.3 Å². The van der Waals surface area contributed by atoms with Crippen molar-refractivity contribution in [3.8, 4) is 0 Å². The van der Waals surface area contributed by atoms with Crippen LogP contribution in [0.3, 0.4) is 0 Å². The van der Waals surface area contributed by atoms with E-state index in [-0.39, 0.29) is 5.54 Å². The van der Waals surface area contributed by atoms with Crippen molar-refractivity contribution < 1.29 is 0 Å². The van der Waals surface area contributed by atoms with Gasteiger partial charge < -0.3 is 20.4 Å². The molecule has 0 aromatic heterocycles. The highest BCUT2D eigenvalue weighted by Crippen LogP contribution is 2.39. The summed E-state index contributed by atoms with van der Waals surface area (Å²) in [7, 11) is 4.39. The second-order valence-electron chi connectivity index (χ2n) is 6.33. The Balaban J connectivity index is 1.99. The van der Waals surface area contributed by atoms with Crippen LogP contribution in [-0.2, 0) is 0 Å². The number of nitrogens with zero attached hydrogens (tertiary/aromatic N) is 3. The molecule has 1 saturated heterocycles. The number of anilines is 2. The minimum Gasteiger partial charge on any atom is -0.371 e. The molecule has 20 heavy (non-hydrogen) atoms. The third-order valence-corrected chi connectivity index (χ3v) is 4.94. The molecule has 1 fully saturated rings. The molecule has 1 aromatic rings. The van der Waals surface area contributed by atoms with Crippen LogP contribution in [-0.4, -0.2) is 57.3 Å². The molecule has 110 valence electrons. The average Bonchev–Trinajstić information content (AvgIpc) is 2.48. The fourth-order valence-electron chi connectivity index (χ4n) is 3.83. The van der Waals surface area contributed by atoms with Gasteiger partial charge in [-0.2, -0.15) is 0 Å². The number of para-hydroxylation sites is 2. The highest BCUT2D eigenvalue weighted by atomic mass is 15.3. The van der Waals surface area contributed by atoms with E-state index in [2.05, 4.69) is 53.1 Å². The van der Waals surface area contributed by atoms with Gasteiger partial charge in [0, 0.05) is 33.2 Å². The molecule has 1 aromatic carbocycles. The van der Waals surface area contributed by atoms with Crippen LogP contribution in [0, 0.1) is 0 Å². The number of piperidine rings is 1. The Bertz CT molecular complexity index is 475. The molecular weight excluding hydrogens is 248 g/mol. The third-order valence-electron chi connectivity index (χ3n) is 4.94. The molecule has 1 atom stereocenters. The van der Waals surface area contributed by atoms with E-state index in [0.717, 1.165) is 26.2 Å². The van der Waals surface area contributed by atoms with Crippen molar-refractivity contribution >= 4 is 11.4 Å². The molecule has 2 N–H and O–H groups in total. The van der Waals surface area contributed by atoms with E-state index in [1.54, 1.807) is 0 Å². The topological polar surface area (TPSA) is 35.7 Å². The Kier molecular flexibility index (Phi) is 3.61. The molecule has 0 radical (unpaired) electrons. The quantitative estimate of drug-likeness (QED) is 0.883. The average molecular weight is 274 g/mol. The first-order valence-corrected chi connectivity index (χ1v) is 7.63. The van der Waals surface area contributed by atoms with E-state index < -0.39 is 0 Å². The Hall–Kier alpha value is -1.26. The van der Waals surface area contributed by atoms with Crippen molar-refractivity contribution in [1.29, 1.82) is 0 Å². The maximum Gasteiger partial charge on any atom is 0.0652 e. The number of hydrogen-bond donors (Lipinski definition) is 1. The van der Waals surface area contributed by atoms with Crippen molar-refractivity contribution in [2.75, 3.05) is 56.6 Å². The molecular formula is C16H26N4. The second-order valence-corrected chi connectivity index (χ2v) is 6.33. The van der Waals surface area contributed by atoms with Crippen LogP contribution >= 0.6 is 0 Å². The zero-order valence-electron chi connectivity index (χ0n) is 12.7. The standard InChI is InChI=1S/C16H26N4/c1-18-9-5-8-16(12-17,13-18)20-11-10-19(2)14-6-3-4-7-15(14)20/h3-4,6-7H,5,8-13,17H2,1-2H3. The Morgan fingerprint density at radius 2 is 1.85 bits per heavy atom. The molecule has 2 heterocycles. The smallest absolute Gasteiger partial charge is 0.0652 e. The van der Waals surface area contributed by atoms with Crippen molar-refractivity contribution in [2.24, 2.45) is 5.73 Å². The van der Waals surface area contributed by atoms with Gasteiger partial charge in [0.05, 0.1) is 16.9 Å². The zero-order valence-corrected chi connectivity index (χ0v) is 12.7. The fraction of sp³-hybridized carbons (Fsp3) is 0.625. The van der Waals surface area contributed by atoms with Gasteiger partial charge in [0.1, 0.15) is 0 Å². The molecule has 0 aliphatic carbocycles. The third kappa shape index (κ3) is 2.17. The lowest BCUT2D eigenvalue weighted by atomic mass is 9.86. The van der Waals surface area contributed by atoms with E-state index in [4.69, 9.17) is 5.73 Å². The van der Waals surface area contributed by atoms with E-state index in [0.29, 0.717) is 0 Å². The Labute approximate surface area is 122 Å². The number of likely N-dealkylation sites (tertiary alicyclic amines) is 1. The van der Waals surface area contributed by atoms with Crippen molar-refractivity contribution in [1.82, 2.24) is 4.90 Å². The molecule has 2 aliphatic heterocycles. The van der Waals surface area contributed by atoms with Crippen LogP contribution < -0.4 is 15.5 Å². The number of benzene rings is 1. The Morgan fingerprint density at radius 3 is 2.55 bits per heavy atom. The summed E-state index contributed by atoms with van der Waals surface area (Å²) in [5.74, 6) is 0. The minimum absolute atomic E-state index is 0.102. The summed E-state index contributed by atoms with van der Waals surface area (Å²) in [5, 5.41) is 0. The number of nitrogens with two attached hydrogens (primary N) is 1. The highest BCUT2D eigenvalue weighted by molar-refractivity contribution is 5.74. The second kappa shape index (κ2) is 5.26. The summed E-state index contributed by atoms with van der Waals surface area (Å²) in [4.78, 5) is 7.36. The normalized spacial score (nSPS) is 27.6. The largest absolute Gasteiger partial charge is 0.371 e. The number of rotatable bonds is 2. The molecule has 4 nitrogen and oxygen atoms in total. The first kappa shape index (κ1) is 13.7. The highest BCUT2D eigenvalue weighted by Gasteiger charge is 2.41. The lowest BCUT2D eigenvalue weighted by Gasteiger charge is -2.52. The monoisotopic (exact) mass is 274 g/mol. The van der Waals surface area contributed by atoms with E-state index in [1.807, 2.05) is 0 Å². The molecule has 0 bridgehead atoms. The van der Waals surface area contributed by atoms with Gasteiger partial charge in [-0.05, 0) is 38.6 Å². The van der Waals surface area contributed by atoms with Gasteiger partial charge in [0.2, 0.25) is 0 Å². The van der Waals surface area contributed by atoms with Gasteiger partial charge in [0.25, 0.3) is 0 Å². The van der Waals surface area contributed by atoms with Crippen LogP contribution in [0.2, 0.25) is 0 Å². The Morgan fingerprint density at radius 1 is 1.10 bits per heavy atom. The molecule has 4 heteroatoms. The number of likely N-dealkylation sites (N-methyl/N-ethyl adjacent to an activating group) is 2. The molecule has 2 aliphatic rings. The minimum atomic E-state index is 0.102. The van der Waals surface area contributed by atoms with Crippen molar-refractivity contribution in [3.05, 3.63) is 24.3 Å². The zero-order chi connectivity index (χ0) is 14.2. The van der Waals surface area contributed by atoms with Gasteiger partial charge in [-0.1, -0.05) is 12.1 Å². The molecule has 1 unspecified atom stereocenters. The summed E-state index contributed by atoms with van der Waals surface area (Å²) >= 11 is 0. The van der Waals surface area contributed by atoms with Gasteiger partial charge in [0.15, 0.2) is 0 Å².